The van der Waals surface area contributed by atoms with Crippen molar-refractivity contribution in [3.63, 3.8) is 0 Å². The van der Waals surface area contributed by atoms with E-state index in [0.29, 0.717) is 24.6 Å². The van der Waals surface area contributed by atoms with E-state index in [0.717, 1.165) is 50.5 Å². The number of hydrogen-bond acceptors (Lipinski definition) is 9. The molecule has 0 atom stereocenters. The van der Waals surface area contributed by atoms with Crippen LogP contribution in [-0.4, -0.2) is 73.3 Å². The van der Waals surface area contributed by atoms with E-state index in [-0.39, 0.29) is 11.5 Å². The van der Waals surface area contributed by atoms with Crippen LogP contribution in [0.3, 0.4) is 0 Å². The minimum Gasteiger partial charge on any atom is -0.382 e. The van der Waals surface area contributed by atoms with E-state index in [2.05, 4.69) is 47.5 Å². The van der Waals surface area contributed by atoms with Crippen molar-refractivity contribution in [2.75, 3.05) is 73.3 Å². The molecular weight excluding hydrogens is 432 g/mol. The van der Waals surface area contributed by atoms with Gasteiger partial charge in [-0.05, 0) is 18.2 Å². The SMILES string of the molecule is Nc1ncc(-c2ccc(N3CCNCC3)cc2)nc1C(=O)Nc1cnccc1N1CCOCC1. The normalized spacial score (nSPS) is 16.4. The number of pyridine rings is 1. The van der Waals surface area contributed by atoms with Gasteiger partial charge in [0, 0.05) is 56.7 Å². The van der Waals surface area contributed by atoms with Gasteiger partial charge in [-0.15, -0.1) is 0 Å². The number of benzene rings is 1. The van der Waals surface area contributed by atoms with Crippen molar-refractivity contribution in [3.8, 4) is 11.3 Å². The highest BCUT2D eigenvalue weighted by Crippen LogP contribution is 2.27. The fraction of sp³-hybridized carbons (Fsp3) is 0.333. The van der Waals surface area contributed by atoms with E-state index in [4.69, 9.17) is 10.5 Å². The number of morpholine rings is 1. The van der Waals surface area contributed by atoms with Gasteiger partial charge < -0.3 is 30.9 Å². The summed E-state index contributed by atoms with van der Waals surface area (Å²) in [5.41, 5.74) is 10.2. The van der Waals surface area contributed by atoms with Gasteiger partial charge in [-0.3, -0.25) is 9.78 Å². The third-order valence-electron chi connectivity index (χ3n) is 6.06. The molecule has 0 saturated carbocycles. The number of carbonyl (C=O) groups is 1. The van der Waals surface area contributed by atoms with E-state index in [1.807, 2.05) is 18.2 Å². The molecule has 0 radical (unpaired) electrons. The molecule has 3 aromatic rings. The number of amides is 1. The van der Waals surface area contributed by atoms with Gasteiger partial charge in [0.05, 0.1) is 42.7 Å². The Labute approximate surface area is 198 Å². The van der Waals surface area contributed by atoms with Crippen LogP contribution in [0.4, 0.5) is 22.9 Å². The Morgan fingerprint density at radius 3 is 2.53 bits per heavy atom. The third kappa shape index (κ3) is 4.78. The molecular formula is C24H28N8O2. The predicted molar refractivity (Wildman–Crippen MR) is 132 cm³/mol. The van der Waals surface area contributed by atoms with Crippen molar-refractivity contribution in [1.82, 2.24) is 20.3 Å². The van der Waals surface area contributed by atoms with Gasteiger partial charge >= 0.3 is 0 Å². The first kappa shape index (κ1) is 22.1. The van der Waals surface area contributed by atoms with Crippen LogP contribution in [0.5, 0.6) is 0 Å². The monoisotopic (exact) mass is 460 g/mol. The minimum atomic E-state index is -0.424. The maximum Gasteiger partial charge on any atom is 0.278 e. The highest BCUT2D eigenvalue weighted by atomic mass is 16.5. The zero-order chi connectivity index (χ0) is 23.3. The van der Waals surface area contributed by atoms with Gasteiger partial charge in [-0.1, -0.05) is 12.1 Å². The van der Waals surface area contributed by atoms with Crippen LogP contribution in [0, 0.1) is 0 Å². The molecule has 176 valence electrons. The van der Waals surface area contributed by atoms with E-state index >= 15 is 0 Å². The Kier molecular flexibility index (Phi) is 6.50. The second-order valence-corrected chi connectivity index (χ2v) is 8.22. The largest absolute Gasteiger partial charge is 0.382 e. The summed E-state index contributed by atoms with van der Waals surface area (Å²) in [6.45, 7) is 6.69. The number of nitrogen functional groups attached to an aromatic ring is 1. The molecule has 2 aliphatic heterocycles. The maximum absolute atomic E-state index is 13.1. The first-order valence-electron chi connectivity index (χ1n) is 11.5. The summed E-state index contributed by atoms with van der Waals surface area (Å²) in [6, 6.07) is 10.0. The van der Waals surface area contributed by atoms with Crippen LogP contribution in [0.25, 0.3) is 11.3 Å². The van der Waals surface area contributed by atoms with Crippen molar-refractivity contribution in [3.05, 3.63) is 54.6 Å². The topological polar surface area (TPSA) is 122 Å². The second kappa shape index (κ2) is 10.0. The van der Waals surface area contributed by atoms with Crippen LogP contribution in [0.1, 0.15) is 10.5 Å². The number of anilines is 4. The zero-order valence-electron chi connectivity index (χ0n) is 18.9. The van der Waals surface area contributed by atoms with Crippen molar-refractivity contribution < 1.29 is 9.53 Å². The first-order valence-corrected chi connectivity index (χ1v) is 11.5. The van der Waals surface area contributed by atoms with Crippen molar-refractivity contribution >= 4 is 28.8 Å². The summed E-state index contributed by atoms with van der Waals surface area (Å²) in [5, 5.41) is 6.28. The number of hydrogen-bond donors (Lipinski definition) is 3. The Hall–Kier alpha value is -3.76. The standard InChI is InChI=1S/C24H28N8O2/c25-23-22(24(33)30-20-15-27-6-5-21(20)32-11-13-34-14-12-32)29-19(16-28-23)17-1-3-18(4-2-17)31-9-7-26-8-10-31/h1-6,15-16,26H,7-14H2,(H2,25,28)(H,30,33). The quantitative estimate of drug-likeness (QED) is 0.521. The lowest BCUT2D eigenvalue weighted by Crippen LogP contribution is -2.43. The number of aromatic nitrogens is 3. The van der Waals surface area contributed by atoms with Crippen molar-refractivity contribution in [1.29, 1.82) is 0 Å². The molecule has 10 heteroatoms. The molecule has 0 bridgehead atoms. The molecule has 34 heavy (non-hydrogen) atoms. The molecule has 1 aromatic carbocycles. The molecule has 0 spiro atoms. The number of nitrogens with zero attached hydrogens (tertiary/aromatic N) is 5. The fourth-order valence-electron chi connectivity index (χ4n) is 4.22. The van der Waals surface area contributed by atoms with Crippen molar-refractivity contribution in [2.45, 2.75) is 0 Å². The van der Waals surface area contributed by atoms with Crippen LogP contribution in [-0.2, 0) is 4.74 Å². The average molecular weight is 461 g/mol. The summed E-state index contributed by atoms with van der Waals surface area (Å²) in [4.78, 5) is 30.6. The van der Waals surface area contributed by atoms with Crippen LogP contribution < -0.4 is 26.2 Å². The molecule has 4 N–H and O–H groups in total. The molecule has 2 aromatic heterocycles. The summed E-state index contributed by atoms with van der Waals surface area (Å²) >= 11 is 0. The van der Waals surface area contributed by atoms with Gasteiger partial charge in [-0.2, -0.15) is 0 Å². The van der Waals surface area contributed by atoms with E-state index in [9.17, 15) is 4.79 Å². The molecule has 2 aliphatic rings. The number of carbonyl (C=O) groups excluding carboxylic acids is 1. The zero-order valence-corrected chi connectivity index (χ0v) is 18.9. The Morgan fingerprint density at radius 1 is 1.00 bits per heavy atom. The highest BCUT2D eigenvalue weighted by molar-refractivity contribution is 6.07. The Balaban J connectivity index is 1.35. The number of ether oxygens (including phenoxy) is 1. The van der Waals surface area contributed by atoms with Gasteiger partial charge in [-0.25, -0.2) is 9.97 Å². The smallest absolute Gasteiger partial charge is 0.278 e. The minimum absolute atomic E-state index is 0.0792. The van der Waals surface area contributed by atoms with Gasteiger partial charge in [0.2, 0.25) is 0 Å². The Morgan fingerprint density at radius 2 is 1.76 bits per heavy atom. The summed E-state index contributed by atoms with van der Waals surface area (Å²) in [5.74, 6) is -0.345. The number of piperazine rings is 1. The van der Waals surface area contributed by atoms with Crippen LogP contribution in [0.2, 0.25) is 0 Å². The molecule has 2 saturated heterocycles. The van der Waals surface area contributed by atoms with Crippen molar-refractivity contribution in [2.24, 2.45) is 0 Å². The second-order valence-electron chi connectivity index (χ2n) is 8.22. The average Bonchev–Trinajstić information content (AvgIpc) is 2.90. The van der Waals surface area contributed by atoms with Crippen LogP contribution in [0.15, 0.2) is 48.9 Å². The van der Waals surface area contributed by atoms with Gasteiger partial charge in [0.15, 0.2) is 11.5 Å². The van der Waals surface area contributed by atoms with Crippen LogP contribution >= 0.6 is 0 Å². The van der Waals surface area contributed by atoms with E-state index in [1.165, 1.54) is 5.69 Å². The maximum atomic E-state index is 13.1. The highest BCUT2D eigenvalue weighted by Gasteiger charge is 2.20. The lowest BCUT2D eigenvalue weighted by Gasteiger charge is -2.30. The summed E-state index contributed by atoms with van der Waals surface area (Å²) in [6.07, 6.45) is 4.93. The Bertz CT molecular complexity index is 1140. The molecule has 0 unspecified atom stereocenters. The molecule has 10 nitrogen and oxygen atoms in total. The molecule has 2 fully saturated rings. The summed E-state index contributed by atoms with van der Waals surface area (Å²) < 4.78 is 5.44. The van der Waals surface area contributed by atoms with E-state index in [1.54, 1.807) is 18.6 Å². The number of nitrogens with one attached hydrogen (secondary N) is 2. The molecule has 0 aliphatic carbocycles. The predicted octanol–water partition coefficient (Wildman–Crippen LogP) is 1.62. The number of nitrogens with two attached hydrogens (primary N) is 1. The first-order chi connectivity index (χ1) is 16.7. The lowest BCUT2D eigenvalue weighted by atomic mass is 10.1. The third-order valence-corrected chi connectivity index (χ3v) is 6.06. The lowest BCUT2D eigenvalue weighted by molar-refractivity contribution is 0.102. The molecule has 4 heterocycles. The molecule has 5 rings (SSSR count). The van der Waals surface area contributed by atoms with E-state index < -0.39 is 5.91 Å². The van der Waals surface area contributed by atoms with Gasteiger partial charge in [0.25, 0.3) is 5.91 Å². The number of rotatable bonds is 5. The summed E-state index contributed by atoms with van der Waals surface area (Å²) in [7, 11) is 0. The fourth-order valence-corrected chi connectivity index (χ4v) is 4.22. The molecule has 1 amide bonds. The van der Waals surface area contributed by atoms with Gasteiger partial charge in [0.1, 0.15) is 0 Å².